The van der Waals surface area contributed by atoms with Crippen LogP contribution in [0.15, 0.2) is 24.3 Å². The van der Waals surface area contributed by atoms with Crippen molar-refractivity contribution in [3.05, 3.63) is 41.2 Å². The SMILES string of the molecule is COC(=O)c1cccc(C=CC(=O)O)c1F. The topological polar surface area (TPSA) is 63.6 Å². The molecule has 0 aromatic heterocycles. The Morgan fingerprint density at radius 3 is 2.69 bits per heavy atom. The number of carboxylic acids is 1. The molecule has 0 bridgehead atoms. The lowest BCUT2D eigenvalue weighted by Gasteiger charge is -2.03. The van der Waals surface area contributed by atoms with E-state index in [4.69, 9.17) is 5.11 Å². The number of hydrogen-bond donors (Lipinski definition) is 1. The third-order valence-electron chi connectivity index (χ3n) is 1.84. The van der Waals surface area contributed by atoms with Crippen LogP contribution in [-0.2, 0) is 9.53 Å². The van der Waals surface area contributed by atoms with Gasteiger partial charge in [0.1, 0.15) is 5.82 Å². The summed E-state index contributed by atoms with van der Waals surface area (Å²) in [6.45, 7) is 0. The Morgan fingerprint density at radius 2 is 2.12 bits per heavy atom. The van der Waals surface area contributed by atoms with Crippen molar-refractivity contribution in [2.45, 2.75) is 0 Å². The Morgan fingerprint density at radius 1 is 1.44 bits per heavy atom. The molecule has 84 valence electrons. The highest BCUT2D eigenvalue weighted by molar-refractivity contribution is 5.91. The summed E-state index contributed by atoms with van der Waals surface area (Å²) < 4.78 is 18.0. The predicted molar refractivity (Wildman–Crippen MR) is 54.4 cm³/mol. The molecule has 0 amide bonds. The zero-order valence-electron chi connectivity index (χ0n) is 8.44. The molecule has 0 aliphatic carbocycles. The third-order valence-corrected chi connectivity index (χ3v) is 1.84. The quantitative estimate of drug-likeness (QED) is 0.627. The van der Waals surface area contributed by atoms with Crippen molar-refractivity contribution in [3.63, 3.8) is 0 Å². The van der Waals surface area contributed by atoms with E-state index in [0.717, 1.165) is 19.3 Å². The lowest BCUT2D eigenvalue weighted by molar-refractivity contribution is -0.131. The van der Waals surface area contributed by atoms with Crippen molar-refractivity contribution in [2.24, 2.45) is 0 Å². The number of esters is 1. The largest absolute Gasteiger partial charge is 0.478 e. The van der Waals surface area contributed by atoms with Gasteiger partial charge in [0.2, 0.25) is 0 Å². The number of rotatable bonds is 3. The number of aliphatic carboxylic acids is 1. The average molecular weight is 224 g/mol. The third kappa shape index (κ3) is 2.66. The summed E-state index contributed by atoms with van der Waals surface area (Å²) in [4.78, 5) is 21.4. The summed E-state index contributed by atoms with van der Waals surface area (Å²) in [5.41, 5.74) is -0.208. The first-order valence-corrected chi connectivity index (χ1v) is 4.34. The van der Waals surface area contributed by atoms with Crippen LogP contribution in [0.4, 0.5) is 4.39 Å². The van der Waals surface area contributed by atoms with E-state index in [1.165, 1.54) is 18.2 Å². The molecule has 0 heterocycles. The molecule has 1 N–H and O–H groups in total. The van der Waals surface area contributed by atoms with Gasteiger partial charge in [-0.15, -0.1) is 0 Å². The monoisotopic (exact) mass is 224 g/mol. The molecule has 1 rings (SSSR count). The van der Waals surface area contributed by atoms with Crippen LogP contribution in [-0.4, -0.2) is 24.2 Å². The molecule has 5 heteroatoms. The Bertz CT molecular complexity index is 451. The first-order valence-electron chi connectivity index (χ1n) is 4.34. The normalized spacial score (nSPS) is 10.4. The van der Waals surface area contributed by atoms with Gasteiger partial charge in [0.05, 0.1) is 12.7 Å². The number of ether oxygens (including phenoxy) is 1. The summed E-state index contributed by atoms with van der Waals surface area (Å²) in [5.74, 6) is -2.79. The predicted octanol–water partition coefficient (Wildman–Crippen LogP) is 1.71. The molecule has 0 spiro atoms. The summed E-state index contributed by atoms with van der Waals surface area (Å²) in [6.07, 6.45) is 1.86. The maximum Gasteiger partial charge on any atom is 0.340 e. The van der Waals surface area contributed by atoms with E-state index in [1.54, 1.807) is 0 Å². The molecule has 1 aromatic carbocycles. The van der Waals surface area contributed by atoms with Crippen LogP contribution in [0.2, 0.25) is 0 Å². The van der Waals surface area contributed by atoms with Crippen LogP contribution < -0.4 is 0 Å². The highest BCUT2D eigenvalue weighted by atomic mass is 19.1. The molecule has 0 saturated heterocycles. The van der Waals surface area contributed by atoms with Gasteiger partial charge in [0, 0.05) is 11.6 Å². The number of carboxylic acid groups (broad SMARTS) is 1. The van der Waals surface area contributed by atoms with Gasteiger partial charge in [-0.25, -0.2) is 14.0 Å². The second-order valence-electron chi connectivity index (χ2n) is 2.87. The van der Waals surface area contributed by atoms with E-state index >= 15 is 0 Å². The number of hydrogen-bond acceptors (Lipinski definition) is 3. The van der Waals surface area contributed by atoms with E-state index in [-0.39, 0.29) is 11.1 Å². The Kier molecular flexibility index (Phi) is 3.77. The number of carbonyl (C=O) groups excluding carboxylic acids is 1. The minimum Gasteiger partial charge on any atom is -0.478 e. The fourth-order valence-electron chi connectivity index (χ4n) is 1.11. The van der Waals surface area contributed by atoms with Crippen LogP contribution in [0, 0.1) is 5.82 Å². The molecule has 0 atom stereocenters. The zero-order chi connectivity index (χ0) is 12.1. The fourth-order valence-corrected chi connectivity index (χ4v) is 1.11. The highest BCUT2D eigenvalue weighted by Gasteiger charge is 2.13. The Balaban J connectivity index is 3.13. The van der Waals surface area contributed by atoms with Crippen LogP contribution in [0.5, 0.6) is 0 Å². The fraction of sp³-hybridized carbons (Fsp3) is 0.0909. The minimum absolute atomic E-state index is 0.0188. The van der Waals surface area contributed by atoms with Crippen molar-refractivity contribution < 1.29 is 23.8 Å². The minimum atomic E-state index is -1.19. The zero-order valence-corrected chi connectivity index (χ0v) is 8.44. The van der Waals surface area contributed by atoms with Crippen molar-refractivity contribution in [1.82, 2.24) is 0 Å². The van der Waals surface area contributed by atoms with Crippen molar-refractivity contribution in [1.29, 1.82) is 0 Å². The van der Waals surface area contributed by atoms with Crippen LogP contribution in [0.1, 0.15) is 15.9 Å². The number of halogens is 1. The Labute approximate surface area is 91.0 Å². The van der Waals surface area contributed by atoms with E-state index in [1.807, 2.05) is 0 Å². The van der Waals surface area contributed by atoms with E-state index < -0.39 is 17.8 Å². The van der Waals surface area contributed by atoms with Gasteiger partial charge >= 0.3 is 11.9 Å². The first-order chi connectivity index (χ1) is 7.56. The van der Waals surface area contributed by atoms with Crippen LogP contribution >= 0.6 is 0 Å². The van der Waals surface area contributed by atoms with Gasteiger partial charge in [0.25, 0.3) is 0 Å². The second-order valence-corrected chi connectivity index (χ2v) is 2.87. The Hall–Kier alpha value is -2.17. The van der Waals surface area contributed by atoms with Crippen LogP contribution in [0.3, 0.4) is 0 Å². The molecule has 1 aromatic rings. The summed E-state index contributed by atoms with van der Waals surface area (Å²) >= 11 is 0. The molecule has 0 aliphatic heterocycles. The molecular formula is C11H9FO4. The highest BCUT2D eigenvalue weighted by Crippen LogP contribution is 2.15. The van der Waals surface area contributed by atoms with Gasteiger partial charge in [0.15, 0.2) is 0 Å². The van der Waals surface area contributed by atoms with Crippen molar-refractivity contribution in [3.8, 4) is 0 Å². The van der Waals surface area contributed by atoms with E-state index in [9.17, 15) is 14.0 Å². The molecule has 4 nitrogen and oxygen atoms in total. The van der Waals surface area contributed by atoms with Gasteiger partial charge in [-0.05, 0) is 12.1 Å². The summed E-state index contributed by atoms with van der Waals surface area (Å²) in [7, 11) is 1.14. The van der Waals surface area contributed by atoms with Gasteiger partial charge in [-0.1, -0.05) is 12.1 Å². The maximum absolute atomic E-state index is 13.6. The van der Waals surface area contributed by atoms with Crippen molar-refractivity contribution >= 4 is 18.0 Å². The van der Waals surface area contributed by atoms with Crippen molar-refractivity contribution in [2.75, 3.05) is 7.11 Å². The molecule has 0 aliphatic rings. The van der Waals surface area contributed by atoms with Gasteiger partial charge in [-0.3, -0.25) is 0 Å². The summed E-state index contributed by atoms with van der Waals surface area (Å²) in [6, 6.07) is 4.07. The maximum atomic E-state index is 13.6. The molecule has 16 heavy (non-hydrogen) atoms. The standard InChI is InChI=1S/C11H9FO4/c1-16-11(15)8-4-2-3-7(10(8)12)5-6-9(13)14/h2-6H,1H3,(H,13,14). The molecule has 0 radical (unpaired) electrons. The molecule has 0 unspecified atom stereocenters. The van der Waals surface area contributed by atoms with E-state index in [2.05, 4.69) is 4.74 Å². The molecular weight excluding hydrogens is 215 g/mol. The van der Waals surface area contributed by atoms with E-state index in [0.29, 0.717) is 0 Å². The summed E-state index contributed by atoms with van der Waals surface area (Å²) in [5, 5.41) is 8.39. The first kappa shape index (κ1) is 11.9. The number of benzene rings is 1. The second kappa shape index (κ2) is 5.06. The molecule has 0 saturated carbocycles. The van der Waals surface area contributed by atoms with Gasteiger partial charge in [-0.2, -0.15) is 0 Å². The number of carbonyl (C=O) groups is 2. The lowest BCUT2D eigenvalue weighted by atomic mass is 10.1. The smallest absolute Gasteiger partial charge is 0.340 e. The van der Waals surface area contributed by atoms with Crippen LogP contribution in [0.25, 0.3) is 6.08 Å². The number of methoxy groups -OCH3 is 1. The molecule has 0 fully saturated rings. The van der Waals surface area contributed by atoms with Gasteiger partial charge < -0.3 is 9.84 Å². The average Bonchev–Trinajstić information content (AvgIpc) is 2.26. The lowest BCUT2D eigenvalue weighted by Crippen LogP contribution is -2.05.